The van der Waals surface area contributed by atoms with Crippen LogP contribution in [0, 0.1) is 5.82 Å². The highest BCUT2D eigenvalue weighted by atomic mass is 79.9. The van der Waals surface area contributed by atoms with Gasteiger partial charge in [0.1, 0.15) is 5.82 Å². The summed E-state index contributed by atoms with van der Waals surface area (Å²) in [6.07, 6.45) is 0. The first kappa shape index (κ1) is 10.1. The molecule has 4 heteroatoms. The second-order valence-corrected chi connectivity index (χ2v) is 4.46. The molecule has 2 rings (SSSR count). The van der Waals surface area contributed by atoms with Gasteiger partial charge >= 0.3 is 0 Å². The standard InChI is InChI=1S/C10H12BrFN2/c11-8-3-6(1-2-9(8)12)7-4-14-5-10(7)13/h1-3,7,10,14H,4-5,13H2. The minimum atomic E-state index is -0.228. The fraction of sp³-hybridized carbons (Fsp3) is 0.400. The molecule has 1 heterocycles. The molecule has 14 heavy (non-hydrogen) atoms. The van der Waals surface area contributed by atoms with Crippen molar-refractivity contribution >= 4 is 15.9 Å². The van der Waals surface area contributed by atoms with Crippen molar-refractivity contribution in [2.45, 2.75) is 12.0 Å². The molecule has 1 fully saturated rings. The summed E-state index contributed by atoms with van der Waals surface area (Å²) in [6.45, 7) is 1.71. The van der Waals surface area contributed by atoms with E-state index in [2.05, 4.69) is 21.2 Å². The van der Waals surface area contributed by atoms with Crippen molar-refractivity contribution in [2.24, 2.45) is 5.73 Å². The summed E-state index contributed by atoms with van der Waals surface area (Å²) in [4.78, 5) is 0. The predicted octanol–water partition coefficient (Wildman–Crippen LogP) is 1.60. The lowest BCUT2D eigenvalue weighted by molar-refractivity contribution is 0.613. The van der Waals surface area contributed by atoms with Crippen LogP contribution >= 0.6 is 15.9 Å². The molecule has 2 nitrogen and oxygen atoms in total. The van der Waals surface area contributed by atoms with Crippen LogP contribution in [0.2, 0.25) is 0 Å². The first-order valence-corrected chi connectivity index (χ1v) is 5.39. The van der Waals surface area contributed by atoms with Crippen LogP contribution < -0.4 is 11.1 Å². The third-order valence-electron chi connectivity index (χ3n) is 2.63. The Bertz CT molecular complexity index is 343. The fourth-order valence-corrected chi connectivity index (χ4v) is 2.20. The molecule has 1 aliphatic rings. The van der Waals surface area contributed by atoms with E-state index in [1.165, 1.54) is 6.07 Å². The molecule has 2 atom stereocenters. The van der Waals surface area contributed by atoms with Gasteiger partial charge < -0.3 is 11.1 Å². The van der Waals surface area contributed by atoms with Gasteiger partial charge in [0.05, 0.1) is 4.47 Å². The van der Waals surface area contributed by atoms with Gasteiger partial charge in [-0.3, -0.25) is 0 Å². The third kappa shape index (κ3) is 1.82. The van der Waals surface area contributed by atoms with Gasteiger partial charge in [0.25, 0.3) is 0 Å². The number of benzene rings is 1. The molecule has 1 saturated heterocycles. The van der Waals surface area contributed by atoms with Crippen molar-refractivity contribution in [1.82, 2.24) is 5.32 Å². The highest BCUT2D eigenvalue weighted by molar-refractivity contribution is 9.10. The summed E-state index contributed by atoms with van der Waals surface area (Å²) in [5, 5.41) is 3.22. The van der Waals surface area contributed by atoms with Gasteiger partial charge in [-0.2, -0.15) is 0 Å². The maximum Gasteiger partial charge on any atom is 0.137 e. The lowest BCUT2D eigenvalue weighted by atomic mass is 9.95. The van der Waals surface area contributed by atoms with Crippen molar-refractivity contribution in [3.05, 3.63) is 34.1 Å². The number of hydrogen-bond acceptors (Lipinski definition) is 2. The van der Waals surface area contributed by atoms with Gasteiger partial charge in [-0.25, -0.2) is 4.39 Å². The molecular weight excluding hydrogens is 247 g/mol. The zero-order valence-electron chi connectivity index (χ0n) is 7.63. The molecule has 0 aromatic heterocycles. The minimum Gasteiger partial charge on any atom is -0.326 e. The van der Waals surface area contributed by atoms with Crippen LogP contribution in [0.3, 0.4) is 0 Å². The van der Waals surface area contributed by atoms with Crippen LogP contribution in [0.25, 0.3) is 0 Å². The zero-order valence-corrected chi connectivity index (χ0v) is 9.22. The van der Waals surface area contributed by atoms with Gasteiger partial charge in [0.15, 0.2) is 0 Å². The lowest BCUT2D eigenvalue weighted by Gasteiger charge is -2.14. The summed E-state index contributed by atoms with van der Waals surface area (Å²) < 4.78 is 13.5. The summed E-state index contributed by atoms with van der Waals surface area (Å²) in [5.74, 6) is 0.0696. The normalized spacial score (nSPS) is 26.8. The quantitative estimate of drug-likeness (QED) is 0.804. The molecule has 0 bridgehead atoms. The third-order valence-corrected chi connectivity index (χ3v) is 3.24. The molecule has 1 aromatic rings. The maximum atomic E-state index is 13.0. The number of nitrogens with two attached hydrogens (primary N) is 1. The Labute approximate surface area is 90.8 Å². The van der Waals surface area contributed by atoms with Gasteiger partial charge in [-0.15, -0.1) is 0 Å². The van der Waals surface area contributed by atoms with E-state index in [0.29, 0.717) is 10.4 Å². The van der Waals surface area contributed by atoms with E-state index in [1.54, 1.807) is 6.07 Å². The van der Waals surface area contributed by atoms with E-state index in [4.69, 9.17) is 5.73 Å². The van der Waals surface area contributed by atoms with Gasteiger partial charge in [0.2, 0.25) is 0 Å². The summed E-state index contributed by atoms with van der Waals surface area (Å²) in [7, 11) is 0. The predicted molar refractivity (Wildman–Crippen MR) is 57.7 cm³/mol. The van der Waals surface area contributed by atoms with Crippen LogP contribution in [0.1, 0.15) is 11.5 Å². The molecular formula is C10H12BrFN2. The van der Waals surface area contributed by atoms with E-state index in [0.717, 1.165) is 18.7 Å². The topological polar surface area (TPSA) is 38.0 Å². The van der Waals surface area contributed by atoms with Crippen molar-refractivity contribution in [3.8, 4) is 0 Å². The molecule has 0 aliphatic carbocycles. The van der Waals surface area contributed by atoms with Crippen LogP contribution in [-0.4, -0.2) is 19.1 Å². The lowest BCUT2D eigenvalue weighted by Crippen LogP contribution is -2.27. The molecule has 3 N–H and O–H groups in total. The zero-order chi connectivity index (χ0) is 10.1. The van der Waals surface area contributed by atoms with Gasteiger partial charge in [-0.1, -0.05) is 6.07 Å². The molecule has 0 radical (unpaired) electrons. The molecule has 2 unspecified atom stereocenters. The summed E-state index contributed by atoms with van der Waals surface area (Å²) >= 11 is 3.18. The summed E-state index contributed by atoms with van der Waals surface area (Å²) in [6, 6.07) is 5.22. The van der Waals surface area contributed by atoms with Crippen LogP contribution in [0.4, 0.5) is 4.39 Å². The van der Waals surface area contributed by atoms with Crippen molar-refractivity contribution in [2.75, 3.05) is 13.1 Å². The average molecular weight is 259 g/mol. The SMILES string of the molecule is NC1CNCC1c1ccc(F)c(Br)c1. The minimum absolute atomic E-state index is 0.132. The van der Waals surface area contributed by atoms with Gasteiger partial charge in [-0.05, 0) is 33.6 Å². The number of halogens is 2. The molecule has 0 saturated carbocycles. The van der Waals surface area contributed by atoms with E-state index >= 15 is 0 Å². The Hall–Kier alpha value is -0.450. The van der Waals surface area contributed by atoms with Crippen LogP contribution in [0.5, 0.6) is 0 Å². The Morgan fingerprint density at radius 1 is 1.43 bits per heavy atom. The average Bonchev–Trinajstić information content (AvgIpc) is 2.57. The van der Waals surface area contributed by atoms with Crippen molar-refractivity contribution in [1.29, 1.82) is 0 Å². The Balaban J connectivity index is 2.28. The van der Waals surface area contributed by atoms with Crippen LogP contribution in [-0.2, 0) is 0 Å². The number of nitrogens with one attached hydrogen (secondary N) is 1. The first-order chi connectivity index (χ1) is 6.68. The monoisotopic (exact) mass is 258 g/mol. The molecule has 1 aromatic carbocycles. The Kier molecular flexibility index (Phi) is 2.85. The number of rotatable bonds is 1. The van der Waals surface area contributed by atoms with Crippen LogP contribution in [0.15, 0.2) is 22.7 Å². The first-order valence-electron chi connectivity index (χ1n) is 4.59. The molecule has 0 spiro atoms. The molecule has 76 valence electrons. The van der Waals surface area contributed by atoms with E-state index in [9.17, 15) is 4.39 Å². The smallest absolute Gasteiger partial charge is 0.137 e. The number of hydrogen-bond donors (Lipinski definition) is 2. The van der Waals surface area contributed by atoms with E-state index in [1.807, 2.05) is 6.07 Å². The second-order valence-electron chi connectivity index (χ2n) is 3.60. The largest absolute Gasteiger partial charge is 0.326 e. The fourth-order valence-electron chi connectivity index (χ4n) is 1.81. The van der Waals surface area contributed by atoms with Crippen molar-refractivity contribution in [3.63, 3.8) is 0 Å². The van der Waals surface area contributed by atoms with E-state index < -0.39 is 0 Å². The summed E-state index contributed by atoms with van der Waals surface area (Å²) in [5.41, 5.74) is 7.02. The Morgan fingerprint density at radius 2 is 2.21 bits per heavy atom. The highest BCUT2D eigenvalue weighted by Gasteiger charge is 2.25. The van der Waals surface area contributed by atoms with Gasteiger partial charge in [0, 0.05) is 25.0 Å². The van der Waals surface area contributed by atoms with Crippen molar-refractivity contribution < 1.29 is 4.39 Å². The molecule has 1 aliphatic heterocycles. The molecule has 0 amide bonds. The highest BCUT2D eigenvalue weighted by Crippen LogP contribution is 2.25. The second kappa shape index (κ2) is 3.96. The van der Waals surface area contributed by atoms with E-state index in [-0.39, 0.29) is 11.9 Å². The maximum absolute atomic E-state index is 13.0. The Morgan fingerprint density at radius 3 is 2.79 bits per heavy atom.